The van der Waals surface area contributed by atoms with Crippen LogP contribution in [0.4, 0.5) is 5.69 Å². The van der Waals surface area contributed by atoms with Gasteiger partial charge in [-0.15, -0.1) is 0 Å². The van der Waals surface area contributed by atoms with Crippen LogP contribution < -0.4 is 10.1 Å². The third-order valence-corrected chi connectivity index (χ3v) is 2.76. The van der Waals surface area contributed by atoms with E-state index in [1.807, 2.05) is 6.07 Å². The quantitative estimate of drug-likeness (QED) is 0.903. The average Bonchev–Trinajstić information content (AvgIpc) is 2.49. The predicted molar refractivity (Wildman–Crippen MR) is 77.9 cm³/mol. The molecule has 106 valence electrons. The first-order valence-electron chi connectivity index (χ1n) is 6.32. The lowest BCUT2D eigenvalue weighted by Crippen LogP contribution is -2.06. The van der Waals surface area contributed by atoms with Crippen LogP contribution in [0.15, 0.2) is 42.5 Å². The van der Waals surface area contributed by atoms with Gasteiger partial charge in [-0.2, -0.15) is 5.26 Å². The Labute approximate surface area is 122 Å². The Morgan fingerprint density at radius 3 is 2.71 bits per heavy atom. The second-order valence-corrected chi connectivity index (χ2v) is 4.38. The Kier molecular flexibility index (Phi) is 4.54. The molecule has 2 rings (SSSR count). The number of anilines is 1. The number of hydrogen-bond acceptors (Lipinski definition) is 4. The molecule has 0 aliphatic carbocycles. The molecule has 2 aromatic rings. The van der Waals surface area contributed by atoms with Crippen LogP contribution in [-0.2, 0) is 11.4 Å². The normalized spacial score (nSPS) is 9.76. The zero-order valence-corrected chi connectivity index (χ0v) is 11.5. The van der Waals surface area contributed by atoms with Crippen LogP contribution in [0.1, 0.15) is 18.1 Å². The van der Waals surface area contributed by atoms with Crippen LogP contribution in [0.5, 0.6) is 11.5 Å². The number of hydrogen-bond donors (Lipinski definition) is 2. The van der Waals surface area contributed by atoms with E-state index in [4.69, 9.17) is 15.1 Å². The Morgan fingerprint density at radius 2 is 2.05 bits per heavy atom. The number of aliphatic hydroxyl groups is 1. The minimum absolute atomic E-state index is 0.141. The lowest BCUT2D eigenvalue weighted by molar-refractivity contribution is -0.114. The number of ether oxygens (including phenoxy) is 1. The van der Waals surface area contributed by atoms with Crippen LogP contribution in [0.3, 0.4) is 0 Å². The van der Waals surface area contributed by atoms with E-state index in [0.29, 0.717) is 28.3 Å². The number of rotatable bonds is 4. The molecule has 2 N–H and O–H groups in total. The molecule has 0 aliphatic rings. The summed E-state index contributed by atoms with van der Waals surface area (Å²) in [6, 6.07) is 13.9. The van der Waals surface area contributed by atoms with Crippen molar-refractivity contribution >= 4 is 11.6 Å². The summed E-state index contributed by atoms with van der Waals surface area (Å²) in [7, 11) is 0. The summed E-state index contributed by atoms with van der Waals surface area (Å²) in [5, 5.41) is 20.9. The van der Waals surface area contributed by atoms with Gasteiger partial charge in [0.15, 0.2) is 5.75 Å². The van der Waals surface area contributed by atoms with Gasteiger partial charge in [-0.1, -0.05) is 18.2 Å². The fraction of sp³-hybridized carbons (Fsp3) is 0.125. The van der Waals surface area contributed by atoms with E-state index in [1.165, 1.54) is 6.92 Å². The molecule has 21 heavy (non-hydrogen) atoms. The van der Waals surface area contributed by atoms with E-state index in [1.54, 1.807) is 42.5 Å². The maximum absolute atomic E-state index is 11.2. The van der Waals surface area contributed by atoms with Crippen molar-refractivity contribution in [3.63, 3.8) is 0 Å². The van der Waals surface area contributed by atoms with E-state index < -0.39 is 0 Å². The number of nitrogens with zero attached hydrogens (tertiary/aromatic N) is 1. The maximum Gasteiger partial charge on any atom is 0.221 e. The van der Waals surface area contributed by atoms with Gasteiger partial charge >= 0.3 is 0 Å². The van der Waals surface area contributed by atoms with Crippen molar-refractivity contribution in [2.45, 2.75) is 13.5 Å². The van der Waals surface area contributed by atoms with Crippen LogP contribution in [0.2, 0.25) is 0 Å². The van der Waals surface area contributed by atoms with Crippen molar-refractivity contribution in [1.82, 2.24) is 0 Å². The largest absolute Gasteiger partial charge is 0.454 e. The van der Waals surface area contributed by atoms with Gasteiger partial charge in [-0.05, 0) is 29.8 Å². The standard InChI is InChI=1S/C16H14N2O3/c1-11(20)18-14-4-2-3-5-16(14)21-15-7-6-12(10-19)8-13(15)9-17/h2-8,19H,10H2,1H3,(H,18,20). The summed E-state index contributed by atoms with van der Waals surface area (Å²) in [5.41, 5.74) is 1.48. The summed E-state index contributed by atoms with van der Waals surface area (Å²) in [6.07, 6.45) is 0. The summed E-state index contributed by atoms with van der Waals surface area (Å²) in [5.74, 6) is 0.607. The fourth-order valence-corrected chi connectivity index (χ4v) is 1.82. The molecule has 0 unspecified atom stereocenters. The van der Waals surface area contributed by atoms with Crippen molar-refractivity contribution in [3.8, 4) is 17.6 Å². The summed E-state index contributed by atoms with van der Waals surface area (Å²) in [4.78, 5) is 11.2. The first kappa shape index (κ1) is 14.6. The summed E-state index contributed by atoms with van der Waals surface area (Å²) >= 11 is 0. The van der Waals surface area contributed by atoms with Gasteiger partial charge < -0.3 is 15.2 Å². The van der Waals surface area contributed by atoms with Crippen LogP contribution in [-0.4, -0.2) is 11.0 Å². The maximum atomic E-state index is 11.2. The highest BCUT2D eigenvalue weighted by Gasteiger charge is 2.09. The molecule has 1 amide bonds. The highest BCUT2D eigenvalue weighted by Crippen LogP contribution is 2.31. The van der Waals surface area contributed by atoms with Crippen LogP contribution in [0.25, 0.3) is 0 Å². The lowest BCUT2D eigenvalue weighted by Gasteiger charge is -2.12. The smallest absolute Gasteiger partial charge is 0.221 e. The zero-order chi connectivity index (χ0) is 15.2. The zero-order valence-electron chi connectivity index (χ0n) is 11.5. The molecule has 0 heterocycles. The Hall–Kier alpha value is -2.84. The lowest BCUT2D eigenvalue weighted by atomic mass is 10.1. The van der Waals surface area contributed by atoms with Gasteiger partial charge in [0, 0.05) is 6.92 Å². The molecule has 0 saturated heterocycles. The molecule has 0 atom stereocenters. The molecule has 2 aromatic carbocycles. The predicted octanol–water partition coefficient (Wildman–Crippen LogP) is 2.80. The van der Waals surface area contributed by atoms with Gasteiger partial charge in [0.1, 0.15) is 11.8 Å². The number of aliphatic hydroxyl groups excluding tert-OH is 1. The number of nitrogens with one attached hydrogen (secondary N) is 1. The molecule has 0 aromatic heterocycles. The second kappa shape index (κ2) is 6.55. The SMILES string of the molecule is CC(=O)Nc1ccccc1Oc1ccc(CO)cc1C#N. The molecule has 5 heteroatoms. The van der Waals surface area contributed by atoms with Gasteiger partial charge in [-0.3, -0.25) is 4.79 Å². The van der Waals surface area contributed by atoms with Gasteiger partial charge in [-0.25, -0.2) is 0 Å². The highest BCUT2D eigenvalue weighted by atomic mass is 16.5. The summed E-state index contributed by atoms with van der Waals surface area (Å²) in [6.45, 7) is 1.27. The van der Waals surface area contributed by atoms with Gasteiger partial charge in [0.05, 0.1) is 17.9 Å². The van der Waals surface area contributed by atoms with Crippen molar-refractivity contribution < 1.29 is 14.6 Å². The molecule has 0 saturated carbocycles. The Balaban J connectivity index is 2.34. The molecule has 0 spiro atoms. The van der Waals surface area contributed by atoms with Crippen molar-refractivity contribution in [2.24, 2.45) is 0 Å². The van der Waals surface area contributed by atoms with E-state index in [-0.39, 0.29) is 12.5 Å². The number of carbonyl (C=O) groups is 1. The highest BCUT2D eigenvalue weighted by molar-refractivity contribution is 5.90. The average molecular weight is 282 g/mol. The Bertz CT molecular complexity index is 705. The van der Waals surface area contributed by atoms with Crippen molar-refractivity contribution in [1.29, 1.82) is 5.26 Å². The number of benzene rings is 2. The molecular weight excluding hydrogens is 268 g/mol. The third kappa shape index (κ3) is 3.59. The molecule has 0 bridgehead atoms. The molecule has 5 nitrogen and oxygen atoms in total. The minimum atomic E-state index is -0.206. The number of para-hydroxylation sites is 2. The number of carbonyl (C=O) groups excluding carboxylic acids is 1. The number of amides is 1. The van der Waals surface area contributed by atoms with E-state index in [9.17, 15) is 4.79 Å². The minimum Gasteiger partial charge on any atom is -0.454 e. The number of nitriles is 1. The molecular formula is C16H14N2O3. The van der Waals surface area contributed by atoms with Crippen molar-refractivity contribution in [2.75, 3.05) is 5.32 Å². The monoisotopic (exact) mass is 282 g/mol. The van der Waals surface area contributed by atoms with Gasteiger partial charge in [0.2, 0.25) is 5.91 Å². The Morgan fingerprint density at radius 1 is 1.29 bits per heavy atom. The van der Waals surface area contributed by atoms with Gasteiger partial charge in [0.25, 0.3) is 0 Å². The third-order valence-electron chi connectivity index (χ3n) is 2.76. The van der Waals surface area contributed by atoms with E-state index in [2.05, 4.69) is 5.32 Å². The first-order valence-corrected chi connectivity index (χ1v) is 6.32. The first-order chi connectivity index (χ1) is 10.1. The summed E-state index contributed by atoms with van der Waals surface area (Å²) < 4.78 is 5.71. The van der Waals surface area contributed by atoms with E-state index in [0.717, 1.165) is 0 Å². The van der Waals surface area contributed by atoms with Crippen LogP contribution >= 0.6 is 0 Å². The van der Waals surface area contributed by atoms with Crippen molar-refractivity contribution in [3.05, 3.63) is 53.6 Å². The topological polar surface area (TPSA) is 82.3 Å². The van der Waals surface area contributed by atoms with E-state index >= 15 is 0 Å². The fourth-order valence-electron chi connectivity index (χ4n) is 1.82. The second-order valence-electron chi connectivity index (χ2n) is 4.38. The molecule has 0 radical (unpaired) electrons. The van der Waals surface area contributed by atoms with Crippen LogP contribution in [0, 0.1) is 11.3 Å². The molecule has 0 fully saturated rings. The molecule has 0 aliphatic heterocycles.